The number of amides is 1. The van der Waals surface area contributed by atoms with Crippen LogP contribution in [0.3, 0.4) is 0 Å². The molecule has 1 saturated carbocycles. The van der Waals surface area contributed by atoms with Gasteiger partial charge < -0.3 is 14.1 Å². The Morgan fingerprint density at radius 1 is 1.00 bits per heavy atom. The molecule has 0 atom stereocenters. The van der Waals surface area contributed by atoms with Crippen LogP contribution in [-0.4, -0.2) is 48.5 Å². The molecule has 0 aliphatic heterocycles. The minimum atomic E-state index is -2.06. The first-order valence-electron chi connectivity index (χ1n) is 12.6. The summed E-state index contributed by atoms with van der Waals surface area (Å²) in [5, 5.41) is 0. The normalized spacial score (nSPS) is 19.9. The molecule has 2 rings (SSSR count). The summed E-state index contributed by atoms with van der Waals surface area (Å²) >= 11 is 0. The molecule has 1 aliphatic carbocycles. The topological polar surface area (TPSA) is 72.6 Å². The molecular weight excluding hydrogens is 432 g/mol. The summed E-state index contributed by atoms with van der Waals surface area (Å²) in [6, 6.07) is 0.0955. The van der Waals surface area contributed by atoms with Crippen molar-refractivity contribution in [3.63, 3.8) is 0 Å². The Morgan fingerprint density at radius 3 is 1.91 bits per heavy atom. The van der Waals surface area contributed by atoms with Gasteiger partial charge in [-0.2, -0.15) is 0 Å². The summed E-state index contributed by atoms with van der Waals surface area (Å²) in [6.45, 7) is 21.2. The van der Waals surface area contributed by atoms with Crippen LogP contribution in [0.2, 0.25) is 16.6 Å². The molecule has 0 saturated heterocycles. The molecule has 0 N–H and O–H groups in total. The number of Topliss-reactive ketones (excluding diaryl/α,β-unsaturated/α-hetero) is 1. The van der Waals surface area contributed by atoms with E-state index in [9.17, 15) is 9.59 Å². The highest BCUT2D eigenvalue weighted by molar-refractivity contribution is 6.93. The molecule has 6 nitrogen and oxygen atoms in total. The lowest BCUT2D eigenvalue weighted by Gasteiger charge is -2.39. The van der Waals surface area contributed by atoms with Crippen LogP contribution in [0.1, 0.15) is 104 Å². The molecule has 1 heterocycles. The van der Waals surface area contributed by atoms with E-state index in [1.165, 1.54) is 0 Å². The number of ether oxygens (including phenoxy) is 1. The Bertz CT molecular complexity index is 808. The summed E-state index contributed by atoms with van der Waals surface area (Å²) in [7, 11) is -0.263. The van der Waals surface area contributed by atoms with E-state index >= 15 is 0 Å². The van der Waals surface area contributed by atoms with Crippen LogP contribution in [0.15, 0.2) is 4.42 Å². The van der Waals surface area contributed by atoms with Crippen molar-refractivity contribution in [1.29, 1.82) is 0 Å². The number of aryl methyl sites for hydroxylation is 1. The fraction of sp³-hybridized carbons (Fsp3) is 0.808. The smallest absolute Gasteiger partial charge is 0.410 e. The van der Waals surface area contributed by atoms with Crippen LogP contribution in [0.5, 0.6) is 0 Å². The zero-order valence-electron chi connectivity index (χ0n) is 22.7. The van der Waals surface area contributed by atoms with E-state index in [0.29, 0.717) is 22.4 Å². The SMILES string of the molecule is Cc1nc([Si](C(C)C)(C(C)C)C(C)C)oc1C(=O)C1CCC(N(C)C(=O)OC(C)(C)C)CC1. The van der Waals surface area contributed by atoms with Crippen LogP contribution >= 0.6 is 0 Å². The van der Waals surface area contributed by atoms with Crippen molar-refractivity contribution in [1.82, 2.24) is 9.88 Å². The van der Waals surface area contributed by atoms with Gasteiger partial charge in [0.05, 0.1) is 5.69 Å². The summed E-state index contributed by atoms with van der Waals surface area (Å²) in [6.07, 6.45) is 2.76. The molecule has 1 aliphatic rings. The van der Waals surface area contributed by atoms with Gasteiger partial charge in [-0.15, -0.1) is 0 Å². The second-order valence-corrected chi connectivity index (χ2v) is 17.5. The molecule has 1 aromatic rings. The highest BCUT2D eigenvalue weighted by atomic mass is 28.3. The van der Waals surface area contributed by atoms with E-state index in [4.69, 9.17) is 14.1 Å². The fourth-order valence-corrected chi connectivity index (χ4v) is 12.1. The molecule has 1 fully saturated rings. The third-order valence-electron chi connectivity index (χ3n) is 7.55. The minimum absolute atomic E-state index is 0.0730. The zero-order valence-corrected chi connectivity index (χ0v) is 23.7. The van der Waals surface area contributed by atoms with E-state index < -0.39 is 13.7 Å². The van der Waals surface area contributed by atoms with Gasteiger partial charge in [0, 0.05) is 19.0 Å². The van der Waals surface area contributed by atoms with E-state index in [1.807, 2.05) is 27.7 Å². The van der Waals surface area contributed by atoms with Crippen LogP contribution in [0.25, 0.3) is 0 Å². The maximum atomic E-state index is 13.4. The Balaban J connectivity index is 2.16. The lowest BCUT2D eigenvalue weighted by Crippen LogP contribution is -2.56. The molecule has 7 heteroatoms. The molecule has 33 heavy (non-hydrogen) atoms. The maximum Gasteiger partial charge on any atom is 0.410 e. The van der Waals surface area contributed by atoms with Crippen molar-refractivity contribution in [2.45, 2.75) is 123 Å². The van der Waals surface area contributed by atoms with Crippen molar-refractivity contribution < 1.29 is 18.7 Å². The molecule has 0 unspecified atom stereocenters. The van der Waals surface area contributed by atoms with Gasteiger partial charge in [-0.25, -0.2) is 9.78 Å². The number of aromatic nitrogens is 1. The predicted octanol–water partition coefficient (Wildman–Crippen LogP) is 6.48. The van der Waals surface area contributed by atoms with Crippen LogP contribution in [0.4, 0.5) is 4.79 Å². The number of ketones is 1. The minimum Gasteiger partial charge on any atom is -0.444 e. The number of rotatable bonds is 7. The maximum absolute atomic E-state index is 13.4. The quantitative estimate of drug-likeness (QED) is 0.331. The molecule has 0 aromatic carbocycles. The lowest BCUT2D eigenvalue weighted by atomic mass is 9.82. The first-order chi connectivity index (χ1) is 15.1. The molecule has 188 valence electrons. The highest BCUT2D eigenvalue weighted by Crippen LogP contribution is 2.41. The molecule has 0 spiro atoms. The number of hydrogen-bond donors (Lipinski definition) is 0. The van der Waals surface area contributed by atoms with E-state index in [2.05, 4.69) is 41.5 Å². The zero-order chi connectivity index (χ0) is 25.3. The van der Waals surface area contributed by atoms with Gasteiger partial charge in [0.1, 0.15) is 5.60 Å². The van der Waals surface area contributed by atoms with Gasteiger partial charge in [-0.1, -0.05) is 41.5 Å². The van der Waals surface area contributed by atoms with Gasteiger partial charge in [0.15, 0.2) is 19.3 Å². The Morgan fingerprint density at radius 2 is 1.48 bits per heavy atom. The van der Waals surface area contributed by atoms with Crippen LogP contribution in [-0.2, 0) is 4.74 Å². The van der Waals surface area contributed by atoms with E-state index in [0.717, 1.165) is 36.9 Å². The van der Waals surface area contributed by atoms with Crippen molar-refractivity contribution in [3.05, 3.63) is 11.5 Å². The largest absolute Gasteiger partial charge is 0.444 e. The third-order valence-corrected chi connectivity index (χ3v) is 14.2. The van der Waals surface area contributed by atoms with Crippen molar-refractivity contribution >= 4 is 25.5 Å². The lowest BCUT2D eigenvalue weighted by molar-refractivity contribution is 0.0174. The Hall–Kier alpha value is -1.63. The Labute approximate surface area is 201 Å². The first kappa shape index (κ1) is 27.6. The highest BCUT2D eigenvalue weighted by Gasteiger charge is 2.49. The van der Waals surface area contributed by atoms with Crippen LogP contribution in [0, 0.1) is 12.8 Å². The number of carbonyl (C=O) groups excluding carboxylic acids is 2. The summed E-state index contributed by atoms with van der Waals surface area (Å²) in [4.78, 5) is 32.4. The molecule has 1 amide bonds. The monoisotopic (exact) mass is 478 g/mol. The fourth-order valence-electron chi connectivity index (χ4n) is 5.94. The third kappa shape index (κ3) is 5.72. The number of oxazole rings is 1. The Kier molecular flexibility index (Phi) is 8.64. The van der Waals surface area contributed by atoms with E-state index in [-0.39, 0.29) is 23.8 Å². The first-order valence-corrected chi connectivity index (χ1v) is 14.8. The average molecular weight is 479 g/mol. The van der Waals surface area contributed by atoms with Gasteiger partial charge in [-0.05, 0) is 70.0 Å². The molecule has 0 bridgehead atoms. The van der Waals surface area contributed by atoms with Gasteiger partial charge in [0.25, 0.3) is 0 Å². The average Bonchev–Trinajstić information content (AvgIpc) is 3.06. The van der Waals surface area contributed by atoms with Crippen molar-refractivity contribution in [3.8, 4) is 0 Å². The molecular formula is C26H46N2O4Si. The van der Waals surface area contributed by atoms with Gasteiger partial charge in [-0.3, -0.25) is 4.79 Å². The molecule has 1 aromatic heterocycles. The summed E-state index contributed by atoms with van der Waals surface area (Å²) in [5.74, 6) is 0.442. The summed E-state index contributed by atoms with van der Waals surface area (Å²) in [5.41, 5.74) is 2.45. The van der Waals surface area contributed by atoms with Crippen molar-refractivity contribution in [2.24, 2.45) is 5.92 Å². The van der Waals surface area contributed by atoms with Gasteiger partial charge in [0.2, 0.25) is 5.78 Å². The number of carbonyl (C=O) groups is 2. The van der Waals surface area contributed by atoms with Gasteiger partial charge >= 0.3 is 6.09 Å². The second-order valence-electron chi connectivity index (χ2n) is 11.8. The predicted molar refractivity (Wildman–Crippen MR) is 136 cm³/mol. The van der Waals surface area contributed by atoms with Crippen molar-refractivity contribution in [2.75, 3.05) is 7.05 Å². The number of nitrogens with zero attached hydrogens (tertiary/aromatic N) is 2. The molecule has 0 radical (unpaired) electrons. The van der Waals surface area contributed by atoms with E-state index in [1.54, 1.807) is 11.9 Å². The second kappa shape index (κ2) is 10.3. The number of hydrogen-bond acceptors (Lipinski definition) is 5. The standard InChI is InChI=1S/C26H46N2O4Si/c1-16(2)33(17(3)4,18(5)6)24-27-19(7)23(31-24)22(29)20-12-14-21(15-13-20)28(11)25(30)32-26(8,9)10/h16-18,20-21H,12-15H2,1-11H3. The summed E-state index contributed by atoms with van der Waals surface area (Å²) < 4.78 is 11.9. The van der Waals surface area contributed by atoms with Crippen LogP contribution < -0.4 is 5.51 Å².